The molecule has 3 saturated heterocycles. The van der Waals surface area contributed by atoms with Crippen LogP contribution in [0.3, 0.4) is 0 Å². The van der Waals surface area contributed by atoms with Crippen molar-refractivity contribution >= 4 is 54.1 Å². The number of sulfonamides is 1. The Kier molecular flexibility index (Phi) is 8.05. The van der Waals surface area contributed by atoms with Crippen LogP contribution in [0.5, 0.6) is 0 Å². The highest BCUT2D eigenvalue weighted by molar-refractivity contribution is 7.89. The number of fused-ring (bicyclic) bond motifs is 2. The third-order valence-corrected chi connectivity index (χ3v) is 12.5. The lowest BCUT2D eigenvalue weighted by atomic mass is 9.91. The number of piperidine rings is 1. The summed E-state index contributed by atoms with van der Waals surface area (Å²) >= 11 is 6.12. The van der Waals surface area contributed by atoms with Crippen molar-refractivity contribution in [3.8, 4) is 0 Å². The molecule has 0 aliphatic carbocycles. The molecule has 1 spiro atoms. The molecule has 3 aromatic carbocycles. The second kappa shape index (κ2) is 11.8. The van der Waals surface area contributed by atoms with Gasteiger partial charge in [0.1, 0.15) is 6.61 Å². The van der Waals surface area contributed by atoms with E-state index >= 15 is 0 Å². The molecule has 0 bridgehead atoms. The molecular weight excluding hydrogens is 664 g/mol. The summed E-state index contributed by atoms with van der Waals surface area (Å²) in [4.78, 5) is 21.6. The van der Waals surface area contributed by atoms with E-state index in [4.69, 9.17) is 20.5 Å². The lowest BCUT2D eigenvalue weighted by Gasteiger charge is -2.44. The third kappa shape index (κ3) is 6.00. The number of benzene rings is 3. The van der Waals surface area contributed by atoms with Crippen molar-refractivity contribution in [2.24, 2.45) is 0 Å². The standard InChI is InChI=1S/C33H33ClN4O7S2/c1-24-2-7-29(8-3-24)47(42,43)44-23-33-22-37(46(40,41)30-9-5-25-18-27(34)6-4-26(25)19-30)20-31(39)38(33)21-32(45-33)12-16-36(17-13-32)28-10-14-35-15-11-28/h2-11,14-15,18-19H,12-13,16-17,20-23H2,1H3. The zero-order valence-electron chi connectivity index (χ0n) is 25.6. The number of amides is 1. The van der Waals surface area contributed by atoms with Crippen LogP contribution in [0.2, 0.25) is 5.02 Å². The van der Waals surface area contributed by atoms with Gasteiger partial charge in [-0.1, -0.05) is 41.4 Å². The predicted molar refractivity (Wildman–Crippen MR) is 176 cm³/mol. The van der Waals surface area contributed by atoms with Crippen LogP contribution in [-0.2, 0) is 33.9 Å². The summed E-state index contributed by atoms with van der Waals surface area (Å²) in [5.41, 5.74) is -0.608. The number of pyridine rings is 1. The van der Waals surface area contributed by atoms with Crippen LogP contribution in [0.25, 0.3) is 10.8 Å². The highest BCUT2D eigenvalue weighted by Gasteiger charge is 2.61. The smallest absolute Gasteiger partial charge is 0.297 e. The minimum absolute atomic E-state index is 0.00436. The van der Waals surface area contributed by atoms with Crippen molar-refractivity contribution in [1.82, 2.24) is 14.2 Å². The molecule has 1 aromatic heterocycles. The SMILES string of the molecule is Cc1ccc(S(=O)(=O)OCC23CN(S(=O)(=O)c4ccc5cc(Cl)ccc5c4)CC(=O)N2CC2(CCN(c4ccncc4)CC2)O3)cc1. The van der Waals surface area contributed by atoms with Gasteiger partial charge in [0.05, 0.1) is 35.0 Å². The molecule has 3 aliphatic heterocycles. The van der Waals surface area contributed by atoms with Crippen LogP contribution in [-0.4, -0.2) is 87.6 Å². The maximum absolute atomic E-state index is 14.1. The van der Waals surface area contributed by atoms with Crippen LogP contribution >= 0.6 is 11.6 Å². The second-order valence-electron chi connectivity index (χ2n) is 12.4. The molecule has 14 heteroatoms. The Hall–Kier alpha value is -3.59. The average molecular weight is 697 g/mol. The summed E-state index contributed by atoms with van der Waals surface area (Å²) in [7, 11) is -8.49. The van der Waals surface area contributed by atoms with Crippen molar-refractivity contribution in [2.45, 2.75) is 40.9 Å². The molecule has 7 rings (SSSR count). The average Bonchev–Trinajstić information content (AvgIpc) is 3.39. The van der Waals surface area contributed by atoms with Gasteiger partial charge in [-0.05, 0) is 79.1 Å². The van der Waals surface area contributed by atoms with Crippen molar-refractivity contribution in [1.29, 1.82) is 0 Å². The van der Waals surface area contributed by atoms with E-state index < -0.39 is 50.5 Å². The summed E-state index contributed by atoms with van der Waals surface area (Å²) in [6.07, 6.45) is 4.52. The largest absolute Gasteiger partial charge is 0.371 e. The van der Waals surface area contributed by atoms with Gasteiger partial charge in [-0.3, -0.25) is 14.0 Å². The van der Waals surface area contributed by atoms with E-state index in [1.54, 1.807) is 48.8 Å². The Balaban J connectivity index is 1.21. The number of piperazine rings is 1. The summed E-state index contributed by atoms with van der Waals surface area (Å²) in [6.45, 7) is 1.96. The number of nitrogens with zero attached hydrogens (tertiary/aromatic N) is 4. The highest BCUT2D eigenvalue weighted by Crippen LogP contribution is 2.45. The van der Waals surface area contributed by atoms with Crippen LogP contribution in [0.15, 0.2) is 95.0 Å². The third-order valence-electron chi connectivity index (χ3n) is 9.24. The lowest BCUT2D eigenvalue weighted by Crippen LogP contribution is -2.65. The normalized spacial score (nSPS) is 21.8. The first-order chi connectivity index (χ1) is 22.4. The van der Waals surface area contributed by atoms with Crippen LogP contribution in [0.1, 0.15) is 18.4 Å². The second-order valence-corrected chi connectivity index (χ2v) is 16.3. The predicted octanol–water partition coefficient (Wildman–Crippen LogP) is 4.20. The first-order valence-corrected chi connectivity index (χ1v) is 18.4. The van der Waals surface area contributed by atoms with Gasteiger partial charge in [0.2, 0.25) is 15.9 Å². The minimum Gasteiger partial charge on any atom is -0.371 e. The number of carbonyl (C=O) groups is 1. The number of halogens is 1. The molecule has 1 amide bonds. The Bertz CT molecular complexity index is 2060. The van der Waals surface area contributed by atoms with Gasteiger partial charge in [0, 0.05) is 36.2 Å². The van der Waals surface area contributed by atoms with Gasteiger partial charge >= 0.3 is 0 Å². The quantitative estimate of drug-likeness (QED) is 0.261. The van der Waals surface area contributed by atoms with Gasteiger partial charge < -0.3 is 14.5 Å². The van der Waals surface area contributed by atoms with E-state index in [0.29, 0.717) is 36.3 Å². The fourth-order valence-electron chi connectivity index (χ4n) is 6.68. The Morgan fingerprint density at radius 1 is 0.872 bits per heavy atom. The number of carbonyl (C=O) groups excluding carboxylic acids is 1. The highest BCUT2D eigenvalue weighted by atomic mass is 35.5. The molecule has 3 aliphatic rings. The van der Waals surface area contributed by atoms with Crippen LogP contribution < -0.4 is 4.90 Å². The van der Waals surface area contributed by atoms with Crippen LogP contribution in [0, 0.1) is 6.92 Å². The van der Waals surface area contributed by atoms with E-state index in [9.17, 15) is 21.6 Å². The van der Waals surface area contributed by atoms with Gasteiger partial charge in [-0.2, -0.15) is 12.7 Å². The molecule has 4 aromatic rings. The molecule has 11 nitrogen and oxygen atoms in total. The number of rotatable bonds is 7. The molecule has 1 atom stereocenters. The van der Waals surface area contributed by atoms with Crippen LogP contribution in [0.4, 0.5) is 5.69 Å². The molecule has 0 N–H and O–H groups in total. The molecule has 47 heavy (non-hydrogen) atoms. The number of aryl methyl sites for hydroxylation is 1. The molecular formula is C33H33ClN4O7S2. The summed E-state index contributed by atoms with van der Waals surface area (Å²) < 4.78 is 68.3. The van der Waals surface area contributed by atoms with Gasteiger partial charge in [0.15, 0.2) is 5.72 Å². The topological polar surface area (TPSA) is 126 Å². The Labute approximate surface area is 278 Å². The minimum atomic E-state index is -4.27. The van der Waals surface area contributed by atoms with Gasteiger partial charge in [0.25, 0.3) is 10.1 Å². The van der Waals surface area contributed by atoms with Crippen molar-refractivity contribution in [3.05, 3.63) is 95.8 Å². The number of anilines is 1. The number of hydrogen-bond donors (Lipinski definition) is 0. The molecule has 0 radical (unpaired) electrons. The zero-order chi connectivity index (χ0) is 33.0. The maximum atomic E-state index is 14.1. The molecule has 3 fully saturated rings. The lowest BCUT2D eigenvalue weighted by molar-refractivity contribution is -0.187. The number of hydrogen-bond acceptors (Lipinski definition) is 9. The Morgan fingerprint density at radius 3 is 2.26 bits per heavy atom. The zero-order valence-corrected chi connectivity index (χ0v) is 28.0. The van der Waals surface area contributed by atoms with Gasteiger partial charge in [-0.15, -0.1) is 0 Å². The Morgan fingerprint density at radius 2 is 1.53 bits per heavy atom. The van der Waals surface area contributed by atoms with E-state index in [0.717, 1.165) is 20.9 Å². The fraction of sp³-hybridized carbons (Fsp3) is 0.333. The summed E-state index contributed by atoms with van der Waals surface area (Å²) in [5.74, 6) is -0.489. The van der Waals surface area contributed by atoms with E-state index in [1.165, 1.54) is 29.2 Å². The first-order valence-electron chi connectivity index (χ1n) is 15.2. The van der Waals surface area contributed by atoms with Crippen molar-refractivity contribution in [2.75, 3.05) is 44.2 Å². The summed E-state index contributed by atoms with van der Waals surface area (Å²) in [6, 6.07) is 19.9. The summed E-state index contributed by atoms with van der Waals surface area (Å²) in [5, 5.41) is 1.96. The van der Waals surface area contributed by atoms with E-state index in [1.807, 2.05) is 19.1 Å². The maximum Gasteiger partial charge on any atom is 0.297 e. The number of ether oxygens (including phenoxy) is 1. The van der Waals surface area contributed by atoms with Crippen molar-refractivity contribution in [3.63, 3.8) is 0 Å². The molecule has 4 heterocycles. The molecule has 1 unspecified atom stereocenters. The van der Waals surface area contributed by atoms with Gasteiger partial charge in [-0.25, -0.2) is 8.42 Å². The van der Waals surface area contributed by atoms with Crippen molar-refractivity contribution < 1.29 is 30.6 Å². The van der Waals surface area contributed by atoms with E-state index in [-0.39, 0.29) is 22.9 Å². The monoisotopic (exact) mass is 696 g/mol. The van der Waals surface area contributed by atoms with E-state index in [2.05, 4.69) is 9.88 Å². The molecule has 246 valence electrons. The first kappa shape index (κ1) is 32.0. The fourth-order valence-corrected chi connectivity index (χ4v) is 9.27. The molecule has 0 saturated carbocycles. The number of aromatic nitrogens is 1.